The highest BCUT2D eigenvalue weighted by atomic mass is 32.1. The molecule has 0 radical (unpaired) electrons. The first-order chi connectivity index (χ1) is 17.0. The molecule has 4 rings (SSSR count). The number of aryl methyl sites for hydroxylation is 1. The summed E-state index contributed by atoms with van der Waals surface area (Å²) in [4.78, 5) is 7.54. The fraction of sp³-hybridized carbons (Fsp3) is 0.536. The predicted molar refractivity (Wildman–Crippen MR) is 145 cm³/mol. The molecule has 0 N–H and O–H groups in total. The molecule has 1 aliphatic rings. The smallest absolute Gasteiger partial charge is 0.137 e. The third-order valence-electron chi connectivity index (χ3n) is 6.69. The number of likely N-dealkylation sites (N-methyl/N-ethyl adjacent to an activating group) is 1. The van der Waals surface area contributed by atoms with Gasteiger partial charge in [-0.15, -0.1) is 0 Å². The van der Waals surface area contributed by atoms with Gasteiger partial charge in [-0.05, 0) is 59.5 Å². The van der Waals surface area contributed by atoms with E-state index in [1.54, 1.807) is 23.5 Å². The molecule has 3 aromatic rings. The average Bonchev–Trinajstić information content (AvgIpc) is 3.47. The number of halogens is 1. The summed E-state index contributed by atoms with van der Waals surface area (Å²) in [5.41, 5.74) is 4.61. The van der Waals surface area contributed by atoms with Crippen LogP contribution in [0.4, 0.5) is 10.2 Å². The molecule has 1 aromatic carbocycles. The van der Waals surface area contributed by atoms with Crippen LogP contribution in [0, 0.1) is 11.7 Å². The number of hydrogen-bond acceptors (Lipinski definition) is 5. The van der Waals surface area contributed by atoms with Crippen molar-refractivity contribution >= 4 is 17.2 Å². The highest BCUT2D eigenvalue weighted by Gasteiger charge is 2.27. The van der Waals surface area contributed by atoms with Crippen molar-refractivity contribution in [1.82, 2.24) is 19.6 Å². The van der Waals surface area contributed by atoms with Crippen LogP contribution in [0.2, 0.25) is 0 Å². The SMILES string of the molecule is CCCc1nn(-c2cccc(F)c2)c(N2CCN(CC)CC2)c1CN(Cc1ccsc1)CC(C)C. The van der Waals surface area contributed by atoms with Crippen molar-refractivity contribution < 1.29 is 4.39 Å². The Kier molecular flexibility index (Phi) is 8.98. The van der Waals surface area contributed by atoms with Gasteiger partial charge in [0.25, 0.3) is 0 Å². The Morgan fingerprint density at radius 2 is 1.89 bits per heavy atom. The maximum absolute atomic E-state index is 14.3. The van der Waals surface area contributed by atoms with Gasteiger partial charge in [-0.1, -0.05) is 40.2 Å². The van der Waals surface area contributed by atoms with E-state index < -0.39 is 0 Å². The molecule has 1 saturated heterocycles. The van der Waals surface area contributed by atoms with Gasteiger partial charge in [0.2, 0.25) is 0 Å². The molecule has 35 heavy (non-hydrogen) atoms. The summed E-state index contributed by atoms with van der Waals surface area (Å²) < 4.78 is 16.3. The zero-order valence-electron chi connectivity index (χ0n) is 21.7. The van der Waals surface area contributed by atoms with Crippen molar-refractivity contribution in [2.75, 3.05) is 44.2 Å². The first-order valence-corrected chi connectivity index (χ1v) is 14.0. The maximum Gasteiger partial charge on any atom is 0.137 e. The molecule has 5 nitrogen and oxygen atoms in total. The molecule has 1 fully saturated rings. The summed E-state index contributed by atoms with van der Waals surface area (Å²) in [7, 11) is 0. The Morgan fingerprint density at radius 3 is 2.51 bits per heavy atom. The van der Waals surface area contributed by atoms with Crippen molar-refractivity contribution in [2.24, 2.45) is 5.92 Å². The largest absolute Gasteiger partial charge is 0.354 e. The normalized spacial score (nSPS) is 15.0. The number of benzene rings is 1. The molecule has 0 saturated carbocycles. The fourth-order valence-corrected chi connectivity index (χ4v) is 5.70. The van der Waals surface area contributed by atoms with Crippen LogP contribution in [0.15, 0.2) is 41.1 Å². The highest BCUT2D eigenvalue weighted by molar-refractivity contribution is 7.07. The van der Waals surface area contributed by atoms with Crippen LogP contribution in [0.3, 0.4) is 0 Å². The number of anilines is 1. The van der Waals surface area contributed by atoms with Gasteiger partial charge in [-0.3, -0.25) is 4.90 Å². The van der Waals surface area contributed by atoms with Crippen LogP contribution >= 0.6 is 11.3 Å². The third kappa shape index (κ3) is 6.51. The Morgan fingerprint density at radius 1 is 1.09 bits per heavy atom. The average molecular weight is 498 g/mol. The van der Waals surface area contributed by atoms with Crippen LogP contribution in [0.5, 0.6) is 0 Å². The molecule has 2 aromatic heterocycles. The van der Waals surface area contributed by atoms with E-state index in [0.29, 0.717) is 5.92 Å². The molecule has 3 heterocycles. The number of nitrogens with zero attached hydrogens (tertiary/aromatic N) is 5. The number of thiophene rings is 1. The highest BCUT2D eigenvalue weighted by Crippen LogP contribution is 2.31. The first kappa shape index (κ1) is 25.9. The van der Waals surface area contributed by atoms with E-state index in [-0.39, 0.29) is 5.82 Å². The van der Waals surface area contributed by atoms with Crippen molar-refractivity contribution in [3.63, 3.8) is 0 Å². The van der Waals surface area contributed by atoms with E-state index in [4.69, 9.17) is 5.10 Å². The lowest BCUT2D eigenvalue weighted by molar-refractivity contribution is 0.227. The standard InChI is InChI=1S/C28H40FN5S/c1-5-8-27-26(20-32(18-22(3)4)19-23-11-16-35-21-23)28(33-14-12-31(6-2)13-15-33)34(30-27)25-10-7-9-24(29)17-25/h7,9-11,16-17,21-22H,5-6,8,12-15,18-20H2,1-4H3. The number of rotatable bonds is 11. The van der Waals surface area contributed by atoms with Gasteiger partial charge in [0.05, 0.1) is 11.4 Å². The van der Waals surface area contributed by atoms with Gasteiger partial charge in [0, 0.05) is 51.4 Å². The summed E-state index contributed by atoms with van der Waals surface area (Å²) in [5.74, 6) is 1.49. The van der Waals surface area contributed by atoms with Crippen molar-refractivity contribution in [1.29, 1.82) is 0 Å². The molecule has 0 aliphatic carbocycles. The summed E-state index contributed by atoms with van der Waals surface area (Å²) in [6, 6.07) is 9.10. The van der Waals surface area contributed by atoms with E-state index in [1.165, 1.54) is 17.2 Å². The van der Waals surface area contributed by atoms with Crippen LogP contribution < -0.4 is 4.90 Å². The quantitative estimate of drug-likeness (QED) is 0.333. The minimum atomic E-state index is -0.225. The minimum absolute atomic E-state index is 0.225. The first-order valence-electron chi connectivity index (χ1n) is 13.1. The lowest BCUT2D eigenvalue weighted by Gasteiger charge is -2.36. The second kappa shape index (κ2) is 12.2. The maximum atomic E-state index is 14.3. The van der Waals surface area contributed by atoms with Crippen LogP contribution in [-0.2, 0) is 19.5 Å². The number of hydrogen-bond donors (Lipinski definition) is 0. The van der Waals surface area contributed by atoms with E-state index in [0.717, 1.165) is 82.4 Å². The van der Waals surface area contributed by atoms with Gasteiger partial charge in [-0.25, -0.2) is 9.07 Å². The Balaban J connectivity index is 1.77. The van der Waals surface area contributed by atoms with Crippen LogP contribution in [-0.4, -0.2) is 58.8 Å². The van der Waals surface area contributed by atoms with E-state index in [9.17, 15) is 4.39 Å². The van der Waals surface area contributed by atoms with Gasteiger partial charge in [-0.2, -0.15) is 16.4 Å². The zero-order chi connectivity index (χ0) is 24.8. The topological polar surface area (TPSA) is 27.5 Å². The molecule has 1 aliphatic heterocycles. The van der Waals surface area contributed by atoms with Gasteiger partial charge in [0.1, 0.15) is 11.6 Å². The zero-order valence-corrected chi connectivity index (χ0v) is 22.5. The Bertz CT molecular complexity index is 1050. The van der Waals surface area contributed by atoms with Gasteiger partial charge >= 0.3 is 0 Å². The molecular weight excluding hydrogens is 457 g/mol. The lowest BCUT2D eigenvalue weighted by atomic mass is 10.1. The molecular formula is C28H40FN5S. The predicted octanol–water partition coefficient (Wildman–Crippen LogP) is 5.83. The molecule has 0 unspecified atom stereocenters. The van der Waals surface area contributed by atoms with E-state index in [2.05, 4.69) is 59.2 Å². The van der Waals surface area contributed by atoms with Gasteiger partial charge < -0.3 is 9.80 Å². The Labute approximate surface area is 214 Å². The lowest BCUT2D eigenvalue weighted by Crippen LogP contribution is -2.47. The number of aromatic nitrogens is 2. The minimum Gasteiger partial charge on any atom is -0.354 e. The molecule has 0 bridgehead atoms. The molecule has 190 valence electrons. The van der Waals surface area contributed by atoms with Crippen molar-refractivity contribution in [2.45, 2.75) is 53.6 Å². The van der Waals surface area contributed by atoms with Crippen LogP contribution in [0.1, 0.15) is 50.9 Å². The molecule has 0 atom stereocenters. The van der Waals surface area contributed by atoms with Crippen molar-refractivity contribution in [3.05, 3.63) is 63.7 Å². The Hall–Kier alpha value is -2.22. The van der Waals surface area contributed by atoms with Crippen LogP contribution in [0.25, 0.3) is 5.69 Å². The van der Waals surface area contributed by atoms with E-state index >= 15 is 0 Å². The number of piperazine rings is 1. The summed E-state index contributed by atoms with van der Waals surface area (Å²) in [5, 5.41) is 9.54. The van der Waals surface area contributed by atoms with Crippen molar-refractivity contribution in [3.8, 4) is 5.69 Å². The molecule has 0 amide bonds. The van der Waals surface area contributed by atoms with Gasteiger partial charge in [0.15, 0.2) is 0 Å². The second-order valence-corrected chi connectivity index (χ2v) is 10.8. The summed E-state index contributed by atoms with van der Waals surface area (Å²) in [6.45, 7) is 16.9. The monoisotopic (exact) mass is 497 g/mol. The second-order valence-electron chi connectivity index (χ2n) is 10.0. The third-order valence-corrected chi connectivity index (χ3v) is 7.42. The van der Waals surface area contributed by atoms with E-state index in [1.807, 2.05) is 10.7 Å². The molecule has 7 heteroatoms. The summed E-state index contributed by atoms with van der Waals surface area (Å²) >= 11 is 1.76. The fourth-order valence-electron chi connectivity index (χ4n) is 5.04. The molecule has 0 spiro atoms. The summed E-state index contributed by atoms with van der Waals surface area (Å²) in [6.07, 6.45) is 1.96.